The van der Waals surface area contributed by atoms with Crippen molar-refractivity contribution in [1.29, 1.82) is 0 Å². The highest BCUT2D eigenvalue weighted by molar-refractivity contribution is 6.32. The molecule has 0 unspecified atom stereocenters. The van der Waals surface area contributed by atoms with Crippen molar-refractivity contribution in [3.63, 3.8) is 0 Å². The molecule has 2 aromatic carbocycles. The van der Waals surface area contributed by atoms with Crippen molar-refractivity contribution in [3.8, 4) is 11.5 Å². The maximum absolute atomic E-state index is 12.2. The standard InChI is InChI=1S/C19H21ClN2O3/c1-13-3-5-15(6-4-13)21-18(23)12-22(2)11-14-9-16(20)19-17(10-14)24-7-8-25-19/h3-6,9-10H,7-8,11-12H2,1-2H3,(H,21,23). The summed E-state index contributed by atoms with van der Waals surface area (Å²) < 4.78 is 11.1. The first-order valence-corrected chi connectivity index (χ1v) is 8.52. The van der Waals surface area contributed by atoms with E-state index in [2.05, 4.69) is 5.32 Å². The molecule has 0 atom stereocenters. The number of carbonyl (C=O) groups is 1. The number of likely N-dealkylation sites (N-methyl/N-ethyl adjacent to an activating group) is 1. The number of carbonyl (C=O) groups excluding carboxylic acids is 1. The van der Waals surface area contributed by atoms with Crippen LogP contribution < -0.4 is 14.8 Å². The third-order valence-electron chi connectivity index (χ3n) is 3.86. The SMILES string of the molecule is Cc1ccc(NC(=O)CN(C)Cc2cc(Cl)c3c(c2)OCCO3)cc1. The van der Waals surface area contributed by atoms with Gasteiger partial charge in [0.1, 0.15) is 13.2 Å². The van der Waals surface area contributed by atoms with Crippen LogP contribution in [0.25, 0.3) is 0 Å². The normalized spacial score (nSPS) is 13.0. The summed E-state index contributed by atoms with van der Waals surface area (Å²) in [6.07, 6.45) is 0. The van der Waals surface area contributed by atoms with Gasteiger partial charge in [-0.25, -0.2) is 0 Å². The van der Waals surface area contributed by atoms with Gasteiger partial charge >= 0.3 is 0 Å². The molecule has 1 amide bonds. The van der Waals surface area contributed by atoms with E-state index in [1.807, 2.05) is 55.3 Å². The third kappa shape index (κ3) is 4.65. The highest BCUT2D eigenvalue weighted by Gasteiger charge is 2.17. The molecular formula is C19H21ClN2O3. The number of benzene rings is 2. The van der Waals surface area contributed by atoms with E-state index in [9.17, 15) is 4.79 Å². The molecule has 1 aliphatic heterocycles. The van der Waals surface area contributed by atoms with E-state index in [4.69, 9.17) is 21.1 Å². The Morgan fingerprint density at radius 1 is 1.20 bits per heavy atom. The maximum Gasteiger partial charge on any atom is 0.238 e. The fourth-order valence-electron chi connectivity index (χ4n) is 2.71. The Kier molecular flexibility index (Phi) is 5.46. The first kappa shape index (κ1) is 17.6. The summed E-state index contributed by atoms with van der Waals surface area (Å²) in [6.45, 7) is 3.89. The molecule has 25 heavy (non-hydrogen) atoms. The summed E-state index contributed by atoms with van der Waals surface area (Å²) in [6, 6.07) is 11.5. The molecule has 5 nitrogen and oxygen atoms in total. The van der Waals surface area contributed by atoms with Crippen molar-refractivity contribution < 1.29 is 14.3 Å². The van der Waals surface area contributed by atoms with Crippen molar-refractivity contribution in [2.24, 2.45) is 0 Å². The molecule has 0 bridgehead atoms. The molecule has 2 aromatic rings. The van der Waals surface area contributed by atoms with Crippen LogP contribution >= 0.6 is 11.6 Å². The molecular weight excluding hydrogens is 340 g/mol. The lowest BCUT2D eigenvalue weighted by Crippen LogP contribution is -2.29. The highest BCUT2D eigenvalue weighted by atomic mass is 35.5. The summed E-state index contributed by atoms with van der Waals surface area (Å²) in [4.78, 5) is 14.1. The molecule has 0 radical (unpaired) electrons. The number of nitrogens with zero attached hydrogens (tertiary/aromatic N) is 1. The van der Waals surface area contributed by atoms with Gasteiger partial charge in [0, 0.05) is 12.2 Å². The number of nitrogens with one attached hydrogen (secondary N) is 1. The molecule has 0 fully saturated rings. The van der Waals surface area contributed by atoms with Crippen molar-refractivity contribution >= 4 is 23.2 Å². The number of anilines is 1. The number of rotatable bonds is 5. The van der Waals surface area contributed by atoms with Crippen LogP contribution in [-0.2, 0) is 11.3 Å². The van der Waals surface area contributed by atoms with Gasteiger partial charge in [0.15, 0.2) is 11.5 Å². The molecule has 132 valence electrons. The second kappa shape index (κ2) is 7.76. The van der Waals surface area contributed by atoms with E-state index in [0.717, 1.165) is 16.8 Å². The van der Waals surface area contributed by atoms with Gasteiger partial charge in [0.2, 0.25) is 5.91 Å². The number of aryl methyl sites for hydroxylation is 1. The Morgan fingerprint density at radius 3 is 2.68 bits per heavy atom. The number of amides is 1. The molecule has 0 aliphatic carbocycles. The van der Waals surface area contributed by atoms with Crippen molar-refractivity contribution in [3.05, 3.63) is 52.5 Å². The molecule has 1 heterocycles. The minimum absolute atomic E-state index is 0.0602. The smallest absolute Gasteiger partial charge is 0.238 e. The zero-order chi connectivity index (χ0) is 17.8. The second-order valence-electron chi connectivity index (χ2n) is 6.19. The zero-order valence-electron chi connectivity index (χ0n) is 14.3. The largest absolute Gasteiger partial charge is 0.486 e. The lowest BCUT2D eigenvalue weighted by atomic mass is 10.2. The minimum Gasteiger partial charge on any atom is -0.486 e. The van der Waals surface area contributed by atoms with Gasteiger partial charge in [-0.1, -0.05) is 29.3 Å². The summed E-state index contributed by atoms with van der Waals surface area (Å²) in [7, 11) is 1.89. The Hall–Kier alpha value is -2.24. The highest BCUT2D eigenvalue weighted by Crippen LogP contribution is 2.38. The fourth-order valence-corrected chi connectivity index (χ4v) is 2.99. The zero-order valence-corrected chi connectivity index (χ0v) is 15.1. The molecule has 1 aliphatic rings. The molecule has 6 heteroatoms. The predicted molar refractivity (Wildman–Crippen MR) is 98.6 cm³/mol. The number of halogens is 1. The van der Waals surface area contributed by atoms with Crippen molar-refractivity contribution in [1.82, 2.24) is 4.90 Å². The maximum atomic E-state index is 12.2. The molecule has 0 spiro atoms. The Morgan fingerprint density at radius 2 is 1.92 bits per heavy atom. The Bertz CT molecular complexity index is 762. The van der Waals surface area contributed by atoms with Crippen LogP contribution in [0.1, 0.15) is 11.1 Å². The van der Waals surface area contributed by atoms with Gasteiger partial charge in [-0.15, -0.1) is 0 Å². The number of hydrogen-bond acceptors (Lipinski definition) is 4. The first-order chi connectivity index (χ1) is 12.0. The van der Waals surface area contributed by atoms with E-state index in [-0.39, 0.29) is 12.5 Å². The minimum atomic E-state index is -0.0602. The van der Waals surface area contributed by atoms with Crippen LogP contribution in [0.4, 0.5) is 5.69 Å². The van der Waals surface area contributed by atoms with E-state index in [1.54, 1.807) is 0 Å². The van der Waals surface area contributed by atoms with Crippen LogP contribution in [0.15, 0.2) is 36.4 Å². The third-order valence-corrected chi connectivity index (χ3v) is 4.14. The summed E-state index contributed by atoms with van der Waals surface area (Å²) in [5.74, 6) is 1.19. The van der Waals surface area contributed by atoms with Gasteiger partial charge in [-0.3, -0.25) is 9.69 Å². The van der Waals surface area contributed by atoms with Crippen LogP contribution in [0, 0.1) is 6.92 Å². The lowest BCUT2D eigenvalue weighted by Gasteiger charge is -2.22. The number of fused-ring (bicyclic) bond motifs is 1. The monoisotopic (exact) mass is 360 g/mol. The van der Waals surface area contributed by atoms with Crippen molar-refractivity contribution in [2.45, 2.75) is 13.5 Å². The second-order valence-corrected chi connectivity index (χ2v) is 6.60. The van der Waals surface area contributed by atoms with Gasteiger partial charge in [-0.2, -0.15) is 0 Å². The average Bonchev–Trinajstić information content (AvgIpc) is 2.57. The van der Waals surface area contributed by atoms with E-state index >= 15 is 0 Å². The quantitative estimate of drug-likeness (QED) is 0.886. The fraction of sp³-hybridized carbons (Fsp3) is 0.316. The van der Waals surface area contributed by atoms with Crippen LogP contribution in [0.5, 0.6) is 11.5 Å². The van der Waals surface area contributed by atoms with E-state index in [1.165, 1.54) is 0 Å². The topological polar surface area (TPSA) is 50.8 Å². The van der Waals surface area contributed by atoms with Gasteiger partial charge in [-0.05, 0) is 43.8 Å². The van der Waals surface area contributed by atoms with Crippen LogP contribution in [-0.4, -0.2) is 37.6 Å². The van der Waals surface area contributed by atoms with Crippen LogP contribution in [0.3, 0.4) is 0 Å². The van der Waals surface area contributed by atoms with E-state index < -0.39 is 0 Å². The summed E-state index contributed by atoms with van der Waals surface area (Å²) >= 11 is 6.25. The van der Waals surface area contributed by atoms with Gasteiger partial charge < -0.3 is 14.8 Å². The molecule has 0 saturated carbocycles. The molecule has 1 N–H and O–H groups in total. The summed E-state index contributed by atoms with van der Waals surface area (Å²) in [5.41, 5.74) is 2.93. The van der Waals surface area contributed by atoms with Gasteiger partial charge in [0.05, 0.1) is 11.6 Å². The van der Waals surface area contributed by atoms with Gasteiger partial charge in [0.25, 0.3) is 0 Å². The molecule has 3 rings (SSSR count). The first-order valence-electron chi connectivity index (χ1n) is 8.14. The van der Waals surface area contributed by atoms with E-state index in [0.29, 0.717) is 36.3 Å². The Labute approximate surface area is 152 Å². The average molecular weight is 361 g/mol. The molecule has 0 saturated heterocycles. The van der Waals surface area contributed by atoms with Crippen molar-refractivity contribution in [2.75, 3.05) is 32.1 Å². The number of ether oxygens (including phenoxy) is 2. The Balaban J connectivity index is 1.58. The summed E-state index contributed by atoms with van der Waals surface area (Å²) in [5, 5.41) is 3.43. The number of hydrogen-bond donors (Lipinski definition) is 1. The lowest BCUT2D eigenvalue weighted by molar-refractivity contribution is -0.117. The van der Waals surface area contributed by atoms with Crippen LogP contribution in [0.2, 0.25) is 5.02 Å². The molecule has 0 aromatic heterocycles. The predicted octanol–water partition coefficient (Wildman–Crippen LogP) is 3.49.